The highest BCUT2D eigenvalue weighted by molar-refractivity contribution is 6.08. The van der Waals surface area contributed by atoms with Gasteiger partial charge in [-0.2, -0.15) is 0 Å². The van der Waals surface area contributed by atoms with Crippen LogP contribution in [0.5, 0.6) is 0 Å². The Morgan fingerprint density at radius 2 is 1.54 bits per heavy atom. The molecule has 7 rings (SSSR count). The van der Waals surface area contributed by atoms with Gasteiger partial charge in [-0.1, -0.05) is 66.8 Å². The van der Waals surface area contributed by atoms with E-state index in [1.165, 1.54) is 28.5 Å². The number of allylic oxidation sites excluding steroid dienone is 1. The summed E-state index contributed by atoms with van der Waals surface area (Å²) in [6, 6.07) is 21.4. The number of anilines is 3. The molecule has 15 heteroatoms. The first kappa shape index (κ1) is 38.1. The first-order valence-electron chi connectivity index (χ1n) is 18.4. The molecule has 15 nitrogen and oxygen atoms in total. The Kier molecular flexibility index (Phi) is 10.6. The van der Waals surface area contributed by atoms with E-state index < -0.39 is 41.8 Å². The highest BCUT2D eigenvalue weighted by atomic mass is 16.6. The van der Waals surface area contributed by atoms with Crippen LogP contribution in [0.4, 0.5) is 17.1 Å². The Morgan fingerprint density at radius 3 is 2.14 bits per heavy atom. The number of aromatic nitrogens is 3. The second kappa shape index (κ2) is 15.5. The van der Waals surface area contributed by atoms with E-state index in [9.17, 15) is 34.2 Å². The molecule has 0 aliphatic carbocycles. The van der Waals surface area contributed by atoms with Crippen molar-refractivity contribution in [2.45, 2.75) is 77.1 Å². The summed E-state index contributed by atoms with van der Waals surface area (Å²) < 4.78 is 12.2. The van der Waals surface area contributed by atoms with E-state index in [0.29, 0.717) is 46.8 Å². The van der Waals surface area contributed by atoms with Crippen LogP contribution in [0, 0.1) is 5.92 Å². The van der Waals surface area contributed by atoms with Crippen molar-refractivity contribution in [2.75, 3.05) is 21.3 Å². The largest absolute Gasteiger partial charge is 0.441 e. The van der Waals surface area contributed by atoms with Gasteiger partial charge in [-0.25, -0.2) is 0 Å². The number of fused-ring (bicyclic) bond motifs is 1. The van der Waals surface area contributed by atoms with Gasteiger partial charge in [-0.05, 0) is 47.9 Å². The minimum absolute atomic E-state index is 0.0198. The van der Waals surface area contributed by atoms with Crippen LogP contribution in [-0.4, -0.2) is 73.9 Å². The van der Waals surface area contributed by atoms with Crippen molar-refractivity contribution in [3.05, 3.63) is 114 Å². The van der Waals surface area contributed by atoms with E-state index in [2.05, 4.69) is 10.3 Å². The molecule has 0 radical (unpaired) electrons. The highest BCUT2D eigenvalue weighted by Gasteiger charge is 2.53. The number of aliphatic hydroxyl groups is 2. The number of esters is 2. The quantitative estimate of drug-likeness (QED) is 0.109. The van der Waals surface area contributed by atoms with E-state index >= 15 is 0 Å². The van der Waals surface area contributed by atoms with Crippen molar-refractivity contribution in [1.82, 2.24) is 15.0 Å². The van der Waals surface area contributed by atoms with Gasteiger partial charge in [-0.3, -0.25) is 38.5 Å². The number of nitrogens with zero attached hydrogens (tertiary/aromatic N) is 6. The predicted molar refractivity (Wildman–Crippen MR) is 202 cm³/mol. The summed E-state index contributed by atoms with van der Waals surface area (Å²) in [4.78, 5) is 66.9. The topological polar surface area (TPSA) is 185 Å². The number of aliphatic hydroxyl groups excluding tert-OH is 1. The molecule has 4 aromatic rings. The second-order valence-corrected chi connectivity index (χ2v) is 14.1. The molecule has 56 heavy (non-hydrogen) atoms. The van der Waals surface area contributed by atoms with Gasteiger partial charge in [-0.15, -0.1) is 5.10 Å². The zero-order valence-electron chi connectivity index (χ0n) is 31.1. The van der Waals surface area contributed by atoms with Gasteiger partial charge in [0.1, 0.15) is 0 Å². The number of amides is 3. The number of hydrogen-bond acceptors (Lipinski definition) is 11. The van der Waals surface area contributed by atoms with Crippen LogP contribution in [0.3, 0.4) is 0 Å². The van der Waals surface area contributed by atoms with Gasteiger partial charge >= 0.3 is 11.9 Å². The number of aryl methyl sites for hydroxylation is 1. The predicted octanol–water partition coefficient (Wildman–Crippen LogP) is 3.67. The molecule has 290 valence electrons. The Bertz CT molecular complexity index is 2190. The number of benzene rings is 3. The average molecular weight is 763 g/mol. The molecule has 3 unspecified atom stereocenters. The number of ether oxygens (including phenoxy) is 2. The van der Waals surface area contributed by atoms with Crippen molar-refractivity contribution in [1.29, 1.82) is 0 Å². The maximum atomic E-state index is 14.4. The molecule has 0 spiro atoms. The summed E-state index contributed by atoms with van der Waals surface area (Å²) in [5.41, 5.74) is 1.90. The lowest BCUT2D eigenvalue weighted by atomic mass is 9.82. The Labute approximate surface area is 322 Å². The number of carbonyl (C=O) groups is 5. The summed E-state index contributed by atoms with van der Waals surface area (Å²) in [6.45, 7) is 4.70. The van der Waals surface area contributed by atoms with Crippen molar-refractivity contribution in [3.8, 4) is 0 Å². The number of β-lactam (4-membered cyclic amide) rings is 2. The van der Waals surface area contributed by atoms with Crippen LogP contribution in [0.1, 0.15) is 68.3 Å². The van der Waals surface area contributed by atoms with Gasteiger partial charge in [0.25, 0.3) is 5.91 Å². The van der Waals surface area contributed by atoms with Crippen LogP contribution >= 0.6 is 0 Å². The number of carbonyl (C=O) groups excluding carboxylic acids is 5. The van der Waals surface area contributed by atoms with Crippen LogP contribution in [0.25, 0.3) is 0 Å². The molecular weight excluding hydrogens is 720 g/mol. The average Bonchev–Trinajstić information content (AvgIpc) is 3.71. The maximum absolute atomic E-state index is 14.4. The Morgan fingerprint density at radius 1 is 0.911 bits per heavy atom. The second-order valence-electron chi connectivity index (χ2n) is 14.1. The van der Waals surface area contributed by atoms with E-state index in [1.807, 2.05) is 36.4 Å². The third-order valence-electron chi connectivity index (χ3n) is 10.4. The molecule has 0 bridgehead atoms. The van der Waals surface area contributed by atoms with Crippen LogP contribution in [0.2, 0.25) is 0 Å². The lowest BCUT2D eigenvalue weighted by molar-refractivity contribution is -0.155. The molecule has 3 aliphatic rings. The molecule has 2 fully saturated rings. The van der Waals surface area contributed by atoms with Crippen molar-refractivity contribution in [3.63, 3.8) is 0 Å². The lowest BCUT2D eigenvalue weighted by Crippen LogP contribution is -2.55. The van der Waals surface area contributed by atoms with E-state index in [1.54, 1.807) is 66.3 Å². The monoisotopic (exact) mass is 762 g/mol. The maximum Gasteiger partial charge on any atom is 0.304 e. The van der Waals surface area contributed by atoms with Crippen molar-refractivity contribution < 1.29 is 43.7 Å². The fourth-order valence-electron chi connectivity index (χ4n) is 7.44. The van der Waals surface area contributed by atoms with E-state index in [-0.39, 0.29) is 43.7 Å². The third-order valence-corrected chi connectivity index (χ3v) is 10.4. The summed E-state index contributed by atoms with van der Waals surface area (Å²) in [7, 11) is 0. The first-order valence-corrected chi connectivity index (χ1v) is 18.4. The van der Waals surface area contributed by atoms with Gasteiger partial charge in [0.05, 0.1) is 43.3 Å². The molecule has 3 aromatic carbocycles. The molecule has 2 N–H and O–H groups in total. The van der Waals surface area contributed by atoms with Gasteiger partial charge in [0.2, 0.25) is 11.8 Å². The zero-order chi connectivity index (χ0) is 39.7. The lowest BCUT2D eigenvalue weighted by Gasteiger charge is -2.39. The standard InChI is InChI=1S/C41H42N6O9/c1-25(9-7-8-18-44-23-34(42-43-44)32(24-48)29-10-5-4-6-11-29)41(54)33-19-31(47-37(52)21-39(47)56-27(3)50)16-17-35(33)45(40(41)53)22-28-12-14-30(15-13-28)46-36(51)20-38(46)55-26(2)49/h4-7,9-17,19,23,25,32,38-39,48,54H,8,18,20-22,24H2,1-3H3/b9-7+/t25-,32?,38?,39?,41+/m1/s1. The van der Waals surface area contributed by atoms with Crippen LogP contribution in [-0.2, 0) is 52.1 Å². The van der Waals surface area contributed by atoms with E-state index in [0.717, 1.165) is 5.56 Å². The fourth-order valence-corrected chi connectivity index (χ4v) is 7.44. The van der Waals surface area contributed by atoms with Gasteiger partial charge in [0, 0.05) is 49.4 Å². The molecule has 0 saturated carbocycles. The van der Waals surface area contributed by atoms with Crippen molar-refractivity contribution >= 4 is 46.7 Å². The minimum atomic E-state index is -2.03. The molecule has 2 saturated heterocycles. The molecule has 3 amide bonds. The summed E-state index contributed by atoms with van der Waals surface area (Å²) in [6.07, 6.45) is 4.56. The van der Waals surface area contributed by atoms with Crippen LogP contribution < -0.4 is 14.7 Å². The summed E-state index contributed by atoms with van der Waals surface area (Å²) >= 11 is 0. The minimum Gasteiger partial charge on any atom is -0.441 e. The molecule has 4 heterocycles. The fraction of sp³-hybridized carbons (Fsp3) is 0.341. The summed E-state index contributed by atoms with van der Waals surface area (Å²) in [5, 5.41) is 31.0. The third kappa shape index (κ3) is 7.18. The van der Waals surface area contributed by atoms with Gasteiger partial charge < -0.3 is 24.6 Å². The Balaban J connectivity index is 1.11. The molecular formula is C41H42N6O9. The van der Waals surface area contributed by atoms with Gasteiger partial charge in [0.15, 0.2) is 18.1 Å². The number of hydrogen-bond donors (Lipinski definition) is 2. The first-order chi connectivity index (χ1) is 26.9. The SMILES string of the molecule is CC(=O)OC1CC(=O)N1c1ccc(CN2C(=O)[C@](O)([C@H](C)/C=C/CCn3cc(C(CO)c4ccccc4)nn3)c3cc(N4C(=O)CC4OC(C)=O)ccc32)cc1. The van der Waals surface area contributed by atoms with Crippen molar-refractivity contribution in [2.24, 2.45) is 5.92 Å². The molecule has 1 aromatic heterocycles. The molecule has 3 aliphatic heterocycles. The zero-order valence-corrected chi connectivity index (χ0v) is 31.1. The Hall–Kier alpha value is -6.19. The normalized spacial score (nSPS) is 21.4. The highest BCUT2D eigenvalue weighted by Crippen LogP contribution is 2.48. The smallest absolute Gasteiger partial charge is 0.304 e. The summed E-state index contributed by atoms with van der Waals surface area (Å²) in [5.74, 6) is -3.09. The van der Waals surface area contributed by atoms with Crippen LogP contribution in [0.15, 0.2) is 91.1 Å². The number of rotatable bonds is 14. The molecule has 5 atom stereocenters. The van der Waals surface area contributed by atoms with E-state index in [4.69, 9.17) is 9.47 Å².